The SMILES string of the molecule is CC(C)c1cnc2c(c1)C(=O)N1CCCCC1C(=O)N2. The Labute approximate surface area is 118 Å². The quantitative estimate of drug-likeness (QED) is 0.852. The summed E-state index contributed by atoms with van der Waals surface area (Å²) in [4.78, 5) is 30.9. The topological polar surface area (TPSA) is 62.3 Å². The maximum atomic E-state index is 12.7. The number of rotatable bonds is 1. The van der Waals surface area contributed by atoms with Gasteiger partial charge < -0.3 is 10.2 Å². The van der Waals surface area contributed by atoms with Crippen LogP contribution in [0.1, 0.15) is 54.9 Å². The van der Waals surface area contributed by atoms with Crippen LogP contribution in [0.25, 0.3) is 0 Å². The van der Waals surface area contributed by atoms with Crippen LogP contribution in [-0.4, -0.2) is 34.3 Å². The summed E-state index contributed by atoms with van der Waals surface area (Å²) in [6.45, 7) is 4.78. The number of carbonyl (C=O) groups excluding carboxylic acids is 2. The van der Waals surface area contributed by atoms with E-state index in [1.807, 2.05) is 6.07 Å². The van der Waals surface area contributed by atoms with Crippen molar-refractivity contribution in [3.8, 4) is 0 Å². The Morgan fingerprint density at radius 3 is 2.90 bits per heavy atom. The third kappa shape index (κ3) is 2.07. The minimum atomic E-state index is -0.340. The molecule has 1 fully saturated rings. The van der Waals surface area contributed by atoms with Crippen LogP contribution in [0, 0.1) is 0 Å². The highest BCUT2D eigenvalue weighted by molar-refractivity contribution is 6.09. The van der Waals surface area contributed by atoms with Gasteiger partial charge in [-0.15, -0.1) is 0 Å². The molecule has 2 amide bonds. The first-order valence-corrected chi connectivity index (χ1v) is 7.19. The Morgan fingerprint density at radius 2 is 2.15 bits per heavy atom. The van der Waals surface area contributed by atoms with Crippen LogP contribution in [0.15, 0.2) is 12.3 Å². The van der Waals surface area contributed by atoms with E-state index in [9.17, 15) is 9.59 Å². The van der Waals surface area contributed by atoms with Crippen molar-refractivity contribution >= 4 is 17.6 Å². The fourth-order valence-electron chi connectivity index (χ4n) is 2.86. The van der Waals surface area contributed by atoms with Gasteiger partial charge in [0.25, 0.3) is 5.91 Å². The molecule has 5 heteroatoms. The highest BCUT2D eigenvalue weighted by Gasteiger charge is 2.37. The second kappa shape index (κ2) is 4.89. The molecular weight excluding hydrogens is 254 g/mol. The van der Waals surface area contributed by atoms with Crippen molar-refractivity contribution in [3.63, 3.8) is 0 Å². The lowest BCUT2D eigenvalue weighted by Crippen LogP contribution is -2.48. The molecule has 106 valence electrons. The van der Waals surface area contributed by atoms with Gasteiger partial charge >= 0.3 is 0 Å². The maximum Gasteiger partial charge on any atom is 0.258 e. The fraction of sp³-hybridized carbons (Fsp3) is 0.533. The molecule has 2 aliphatic heterocycles. The first kappa shape index (κ1) is 13.1. The molecule has 3 rings (SSSR count). The predicted octanol–water partition coefficient (Wildman–Crippen LogP) is 2.15. The molecule has 0 spiro atoms. The number of fused-ring (bicyclic) bond motifs is 2. The van der Waals surface area contributed by atoms with Crippen LogP contribution in [0.4, 0.5) is 5.82 Å². The minimum Gasteiger partial charge on any atom is -0.326 e. The number of hydrogen-bond acceptors (Lipinski definition) is 3. The molecule has 1 unspecified atom stereocenters. The number of pyridine rings is 1. The second-order valence-corrected chi connectivity index (χ2v) is 5.82. The van der Waals surface area contributed by atoms with Gasteiger partial charge in [-0.05, 0) is 36.8 Å². The number of amides is 2. The lowest BCUT2D eigenvalue weighted by Gasteiger charge is -2.32. The van der Waals surface area contributed by atoms with Gasteiger partial charge in [0.15, 0.2) is 0 Å². The lowest BCUT2D eigenvalue weighted by atomic mass is 10.0. The highest BCUT2D eigenvalue weighted by atomic mass is 16.2. The standard InChI is InChI=1S/C15H19N3O2/c1-9(2)10-7-11-13(16-8-10)17-14(19)12-5-3-4-6-18(12)15(11)20/h7-9,12H,3-6H2,1-2H3,(H,16,17,19). The van der Waals surface area contributed by atoms with Crippen LogP contribution in [0.2, 0.25) is 0 Å². The van der Waals surface area contributed by atoms with Gasteiger partial charge in [-0.3, -0.25) is 9.59 Å². The molecule has 0 aliphatic carbocycles. The summed E-state index contributed by atoms with van der Waals surface area (Å²) < 4.78 is 0. The molecule has 1 aromatic heterocycles. The molecule has 2 aliphatic rings. The van der Waals surface area contributed by atoms with Gasteiger partial charge in [0.1, 0.15) is 11.9 Å². The summed E-state index contributed by atoms with van der Waals surface area (Å²) >= 11 is 0. The lowest BCUT2D eigenvalue weighted by molar-refractivity contribution is -0.121. The maximum absolute atomic E-state index is 12.7. The molecule has 0 saturated carbocycles. The number of anilines is 1. The zero-order valence-corrected chi connectivity index (χ0v) is 11.8. The van der Waals surface area contributed by atoms with Crippen molar-refractivity contribution in [1.82, 2.24) is 9.88 Å². The molecule has 0 bridgehead atoms. The zero-order valence-electron chi connectivity index (χ0n) is 11.8. The van der Waals surface area contributed by atoms with Crippen LogP contribution in [0.3, 0.4) is 0 Å². The van der Waals surface area contributed by atoms with E-state index in [-0.39, 0.29) is 17.9 Å². The Hall–Kier alpha value is -1.91. The predicted molar refractivity (Wildman–Crippen MR) is 75.6 cm³/mol. The largest absolute Gasteiger partial charge is 0.326 e. The average Bonchev–Trinajstić information content (AvgIpc) is 2.56. The van der Waals surface area contributed by atoms with E-state index in [1.165, 1.54) is 0 Å². The third-order valence-corrected chi connectivity index (χ3v) is 4.11. The summed E-state index contributed by atoms with van der Waals surface area (Å²) in [5, 5.41) is 2.81. The molecule has 5 nitrogen and oxygen atoms in total. The third-order valence-electron chi connectivity index (χ3n) is 4.11. The normalized spacial score (nSPS) is 22.1. The van der Waals surface area contributed by atoms with Gasteiger partial charge in [-0.1, -0.05) is 13.8 Å². The van der Waals surface area contributed by atoms with Crippen LogP contribution in [-0.2, 0) is 4.79 Å². The number of hydrogen-bond donors (Lipinski definition) is 1. The van der Waals surface area contributed by atoms with Crippen molar-refractivity contribution in [2.45, 2.75) is 45.1 Å². The molecule has 1 aromatic rings. The van der Waals surface area contributed by atoms with E-state index < -0.39 is 0 Å². The van der Waals surface area contributed by atoms with E-state index in [0.29, 0.717) is 23.8 Å². The van der Waals surface area contributed by atoms with E-state index in [2.05, 4.69) is 24.1 Å². The van der Waals surface area contributed by atoms with E-state index in [1.54, 1.807) is 11.1 Å². The highest BCUT2D eigenvalue weighted by Crippen LogP contribution is 2.28. The fourth-order valence-corrected chi connectivity index (χ4v) is 2.86. The van der Waals surface area contributed by atoms with Gasteiger partial charge in [0, 0.05) is 12.7 Å². The molecule has 20 heavy (non-hydrogen) atoms. The Balaban J connectivity index is 2.06. The molecule has 1 N–H and O–H groups in total. The number of nitrogens with zero attached hydrogens (tertiary/aromatic N) is 2. The van der Waals surface area contributed by atoms with E-state index >= 15 is 0 Å². The Bertz CT molecular complexity index is 568. The van der Waals surface area contributed by atoms with E-state index in [0.717, 1.165) is 24.8 Å². The molecule has 1 saturated heterocycles. The summed E-state index contributed by atoms with van der Waals surface area (Å²) in [5.41, 5.74) is 1.54. The number of aromatic nitrogens is 1. The van der Waals surface area contributed by atoms with Crippen molar-refractivity contribution in [2.75, 3.05) is 11.9 Å². The second-order valence-electron chi connectivity index (χ2n) is 5.82. The monoisotopic (exact) mass is 273 g/mol. The zero-order chi connectivity index (χ0) is 14.3. The van der Waals surface area contributed by atoms with Crippen LogP contribution < -0.4 is 5.32 Å². The minimum absolute atomic E-state index is 0.0712. The van der Waals surface area contributed by atoms with Gasteiger partial charge in [-0.25, -0.2) is 4.98 Å². The molecule has 0 radical (unpaired) electrons. The summed E-state index contributed by atoms with van der Waals surface area (Å²) in [6, 6.07) is 1.53. The molecule has 1 atom stereocenters. The van der Waals surface area contributed by atoms with Crippen LogP contribution >= 0.6 is 0 Å². The van der Waals surface area contributed by atoms with Gasteiger partial charge in [0.2, 0.25) is 5.91 Å². The summed E-state index contributed by atoms with van der Waals surface area (Å²) in [5.74, 6) is 0.523. The Morgan fingerprint density at radius 1 is 1.35 bits per heavy atom. The smallest absolute Gasteiger partial charge is 0.258 e. The number of carbonyl (C=O) groups is 2. The average molecular weight is 273 g/mol. The van der Waals surface area contributed by atoms with Gasteiger partial charge in [0.05, 0.1) is 5.56 Å². The molecular formula is C15H19N3O2. The van der Waals surface area contributed by atoms with Crippen LogP contribution in [0.5, 0.6) is 0 Å². The van der Waals surface area contributed by atoms with Crippen molar-refractivity contribution < 1.29 is 9.59 Å². The van der Waals surface area contributed by atoms with Crippen molar-refractivity contribution in [3.05, 3.63) is 23.4 Å². The van der Waals surface area contributed by atoms with Crippen molar-refractivity contribution in [1.29, 1.82) is 0 Å². The first-order valence-electron chi connectivity index (χ1n) is 7.19. The van der Waals surface area contributed by atoms with Crippen molar-refractivity contribution in [2.24, 2.45) is 0 Å². The molecule has 0 aromatic carbocycles. The number of piperidine rings is 1. The Kier molecular flexibility index (Phi) is 3.20. The molecule has 3 heterocycles. The van der Waals surface area contributed by atoms with Gasteiger partial charge in [-0.2, -0.15) is 0 Å². The number of nitrogens with one attached hydrogen (secondary N) is 1. The first-order chi connectivity index (χ1) is 9.58. The summed E-state index contributed by atoms with van der Waals surface area (Å²) in [6.07, 6.45) is 4.43. The van der Waals surface area contributed by atoms with E-state index in [4.69, 9.17) is 0 Å². The summed E-state index contributed by atoms with van der Waals surface area (Å²) in [7, 11) is 0.